The second-order valence-electron chi connectivity index (χ2n) is 5.08. The topological polar surface area (TPSA) is 47.7 Å². The van der Waals surface area contributed by atoms with Gasteiger partial charge in [-0.3, -0.25) is 0 Å². The number of nitrogens with zero attached hydrogens (tertiary/aromatic N) is 1. The molecule has 0 amide bonds. The number of rotatable bonds is 5. The summed E-state index contributed by atoms with van der Waals surface area (Å²) in [7, 11) is 0. The molecule has 2 aliphatic heterocycles. The smallest absolute Gasteiger partial charge is 0.0594 e. The number of hydrogen-bond donors (Lipinski definition) is 1. The van der Waals surface area contributed by atoms with E-state index < -0.39 is 0 Å². The summed E-state index contributed by atoms with van der Waals surface area (Å²) in [5.74, 6) is 0. The highest BCUT2D eigenvalue weighted by molar-refractivity contribution is 4.91. The van der Waals surface area contributed by atoms with Gasteiger partial charge in [-0.2, -0.15) is 0 Å². The lowest BCUT2D eigenvalue weighted by Crippen LogP contribution is -2.36. The standard InChI is InChI=1S/C12H24N2O2/c13-4-8-15-9-6-14-5-3-12(10-14)2-1-7-16-11-12/h1-11,13H2. The fourth-order valence-electron chi connectivity index (χ4n) is 2.83. The summed E-state index contributed by atoms with van der Waals surface area (Å²) in [6, 6.07) is 0. The van der Waals surface area contributed by atoms with E-state index in [9.17, 15) is 0 Å². The molecule has 2 heterocycles. The van der Waals surface area contributed by atoms with Gasteiger partial charge in [0.25, 0.3) is 0 Å². The summed E-state index contributed by atoms with van der Waals surface area (Å²) in [6.07, 6.45) is 3.87. The van der Waals surface area contributed by atoms with E-state index in [4.69, 9.17) is 15.2 Å². The fourth-order valence-corrected chi connectivity index (χ4v) is 2.83. The van der Waals surface area contributed by atoms with E-state index in [2.05, 4.69) is 4.90 Å². The van der Waals surface area contributed by atoms with Crippen molar-refractivity contribution in [1.29, 1.82) is 0 Å². The lowest BCUT2D eigenvalue weighted by Gasteiger charge is -2.33. The Labute approximate surface area is 98.1 Å². The molecule has 2 aliphatic rings. The summed E-state index contributed by atoms with van der Waals surface area (Å²) >= 11 is 0. The van der Waals surface area contributed by atoms with Crippen molar-refractivity contribution in [3.8, 4) is 0 Å². The highest BCUT2D eigenvalue weighted by Gasteiger charge is 2.39. The van der Waals surface area contributed by atoms with Crippen molar-refractivity contribution in [1.82, 2.24) is 4.90 Å². The molecule has 1 unspecified atom stereocenters. The minimum Gasteiger partial charge on any atom is -0.381 e. The zero-order valence-electron chi connectivity index (χ0n) is 10.1. The van der Waals surface area contributed by atoms with E-state index in [0.29, 0.717) is 18.6 Å². The van der Waals surface area contributed by atoms with Crippen LogP contribution in [0.25, 0.3) is 0 Å². The monoisotopic (exact) mass is 228 g/mol. The maximum atomic E-state index is 5.62. The summed E-state index contributed by atoms with van der Waals surface area (Å²) in [5.41, 5.74) is 5.84. The van der Waals surface area contributed by atoms with Crippen LogP contribution in [0.3, 0.4) is 0 Å². The van der Waals surface area contributed by atoms with Crippen LogP contribution >= 0.6 is 0 Å². The van der Waals surface area contributed by atoms with Crippen LogP contribution in [0, 0.1) is 5.41 Å². The highest BCUT2D eigenvalue weighted by Crippen LogP contribution is 2.37. The van der Waals surface area contributed by atoms with Crippen molar-refractivity contribution in [3.63, 3.8) is 0 Å². The molecule has 0 aromatic rings. The van der Waals surface area contributed by atoms with Gasteiger partial charge >= 0.3 is 0 Å². The first-order chi connectivity index (χ1) is 7.85. The number of ether oxygens (including phenoxy) is 2. The maximum absolute atomic E-state index is 5.62. The third kappa shape index (κ3) is 3.17. The minimum absolute atomic E-state index is 0.464. The lowest BCUT2D eigenvalue weighted by atomic mass is 9.82. The first-order valence-electron chi connectivity index (χ1n) is 6.43. The molecule has 0 radical (unpaired) electrons. The summed E-state index contributed by atoms with van der Waals surface area (Å²) in [5, 5.41) is 0. The van der Waals surface area contributed by atoms with Gasteiger partial charge in [-0.05, 0) is 25.8 Å². The molecule has 16 heavy (non-hydrogen) atoms. The van der Waals surface area contributed by atoms with Crippen molar-refractivity contribution >= 4 is 0 Å². The Bertz CT molecular complexity index is 205. The average Bonchev–Trinajstić information content (AvgIpc) is 2.69. The van der Waals surface area contributed by atoms with Crippen molar-refractivity contribution in [2.45, 2.75) is 19.3 Å². The van der Waals surface area contributed by atoms with Gasteiger partial charge in [-0.25, -0.2) is 0 Å². The third-order valence-electron chi connectivity index (χ3n) is 3.74. The fraction of sp³-hybridized carbons (Fsp3) is 1.00. The zero-order chi connectivity index (χ0) is 11.3. The van der Waals surface area contributed by atoms with Crippen LogP contribution in [-0.4, -0.2) is 57.5 Å². The molecule has 2 rings (SSSR count). The second-order valence-corrected chi connectivity index (χ2v) is 5.08. The first-order valence-corrected chi connectivity index (χ1v) is 6.43. The molecule has 4 heteroatoms. The predicted octanol–water partition coefficient (Wildman–Crippen LogP) is 0.464. The number of nitrogens with two attached hydrogens (primary N) is 1. The molecule has 94 valence electrons. The van der Waals surface area contributed by atoms with Gasteiger partial charge in [0.1, 0.15) is 0 Å². The van der Waals surface area contributed by atoms with Crippen LogP contribution in [0.1, 0.15) is 19.3 Å². The molecule has 1 spiro atoms. The Morgan fingerprint density at radius 1 is 1.31 bits per heavy atom. The molecule has 0 saturated carbocycles. The molecule has 0 aromatic carbocycles. The highest BCUT2D eigenvalue weighted by atomic mass is 16.5. The van der Waals surface area contributed by atoms with Crippen molar-refractivity contribution in [3.05, 3.63) is 0 Å². The van der Waals surface area contributed by atoms with Crippen molar-refractivity contribution < 1.29 is 9.47 Å². The van der Waals surface area contributed by atoms with E-state index in [1.54, 1.807) is 0 Å². The molecule has 0 aromatic heterocycles. The summed E-state index contributed by atoms with van der Waals surface area (Å²) < 4.78 is 11.0. The Morgan fingerprint density at radius 2 is 2.25 bits per heavy atom. The Balaban J connectivity index is 1.66. The van der Waals surface area contributed by atoms with Crippen LogP contribution in [0.5, 0.6) is 0 Å². The van der Waals surface area contributed by atoms with Crippen LogP contribution < -0.4 is 5.73 Å². The second kappa shape index (κ2) is 5.96. The number of hydrogen-bond acceptors (Lipinski definition) is 4. The van der Waals surface area contributed by atoms with E-state index in [-0.39, 0.29) is 0 Å². The Hall–Kier alpha value is -0.160. The summed E-state index contributed by atoms with van der Waals surface area (Å²) in [4.78, 5) is 2.51. The molecule has 2 saturated heterocycles. The minimum atomic E-state index is 0.464. The van der Waals surface area contributed by atoms with Crippen LogP contribution in [-0.2, 0) is 9.47 Å². The lowest BCUT2D eigenvalue weighted by molar-refractivity contribution is -0.00345. The van der Waals surface area contributed by atoms with Gasteiger partial charge in [-0.1, -0.05) is 0 Å². The first kappa shape index (κ1) is 12.3. The molecule has 2 N–H and O–H groups in total. The third-order valence-corrected chi connectivity index (χ3v) is 3.74. The predicted molar refractivity (Wildman–Crippen MR) is 63.4 cm³/mol. The molecule has 0 aliphatic carbocycles. The molecular formula is C12H24N2O2. The normalized spacial score (nSPS) is 31.3. The van der Waals surface area contributed by atoms with Gasteiger partial charge < -0.3 is 20.1 Å². The Kier molecular flexibility index (Phi) is 4.58. The van der Waals surface area contributed by atoms with E-state index in [0.717, 1.165) is 26.4 Å². The van der Waals surface area contributed by atoms with Crippen molar-refractivity contribution in [2.24, 2.45) is 11.1 Å². The maximum Gasteiger partial charge on any atom is 0.0594 e. The Morgan fingerprint density at radius 3 is 3.00 bits per heavy atom. The molecule has 2 fully saturated rings. The molecule has 1 atom stereocenters. The SMILES string of the molecule is NCCOCCN1CCC2(CCCOC2)C1. The molecular weight excluding hydrogens is 204 g/mol. The average molecular weight is 228 g/mol. The van der Waals surface area contributed by atoms with Gasteiger partial charge in [0.15, 0.2) is 0 Å². The van der Waals surface area contributed by atoms with Crippen LogP contribution in [0.15, 0.2) is 0 Å². The van der Waals surface area contributed by atoms with Crippen LogP contribution in [0.4, 0.5) is 0 Å². The van der Waals surface area contributed by atoms with Gasteiger partial charge in [0.2, 0.25) is 0 Å². The van der Waals surface area contributed by atoms with E-state index in [1.807, 2.05) is 0 Å². The van der Waals surface area contributed by atoms with Gasteiger partial charge in [-0.15, -0.1) is 0 Å². The summed E-state index contributed by atoms with van der Waals surface area (Å²) in [6.45, 7) is 7.48. The molecule has 4 nitrogen and oxygen atoms in total. The van der Waals surface area contributed by atoms with Gasteiger partial charge in [0.05, 0.1) is 19.8 Å². The van der Waals surface area contributed by atoms with Gasteiger partial charge in [0, 0.05) is 31.7 Å². The van der Waals surface area contributed by atoms with E-state index >= 15 is 0 Å². The van der Waals surface area contributed by atoms with Crippen LogP contribution in [0.2, 0.25) is 0 Å². The number of likely N-dealkylation sites (tertiary alicyclic amines) is 1. The molecule has 0 bridgehead atoms. The largest absolute Gasteiger partial charge is 0.381 e. The zero-order valence-corrected chi connectivity index (χ0v) is 10.1. The van der Waals surface area contributed by atoms with E-state index in [1.165, 1.54) is 32.4 Å². The van der Waals surface area contributed by atoms with Crippen molar-refractivity contribution in [2.75, 3.05) is 52.6 Å². The quantitative estimate of drug-likeness (QED) is 0.695.